The minimum absolute atomic E-state index is 0.262. The highest BCUT2D eigenvalue weighted by Gasteiger charge is 2.42. The third-order valence-electron chi connectivity index (χ3n) is 2.58. The number of rotatable bonds is 2. The predicted octanol–water partition coefficient (Wildman–Crippen LogP) is 3.41. The molecule has 0 aliphatic heterocycles. The van der Waals surface area contributed by atoms with E-state index in [2.05, 4.69) is 19.8 Å². The van der Waals surface area contributed by atoms with E-state index < -0.39 is 17.4 Å². The van der Waals surface area contributed by atoms with E-state index in [1.165, 1.54) is 12.1 Å². The Morgan fingerprint density at radius 2 is 1.75 bits per heavy atom. The molecule has 1 aromatic carbocycles. The van der Waals surface area contributed by atoms with Gasteiger partial charge in [-0.15, -0.1) is 0 Å². The van der Waals surface area contributed by atoms with Crippen molar-refractivity contribution >= 4 is 0 Å². The van der Waals surface area contributed by atoms with Crippen LogP contribution in [0.5, 0.6) is 0 Å². The van der Waals surface area contributed by atoms with E-state index in [1.54, 1.807) is 18.2 Å². The van der Waals surface area contributed by atoms with Gasteiger partial charge in [-0.1, -0.05) is 40.6 Å². The number of aromatic nitrogens is 3. The molecule has 2 aromatic heterocycles. The summed E-state index contributed by atoms with van der Waals surface area (Å²) in [7, 11) is 0. The van der Waals surface area contributed by atoms with Crippen molar-refractivity contribution in [1.82, 2.24) is 15.3 Å². The number of halogens is 3. The van der Waals surface area contributed by atoms with Crippen molar-refractivity contribution in [3.8, 4) is 22.9 Å². The van der Waals surface area contributed by atoms with Gasteiger partial charge in [0.2, 0.25) is 0 Å². The van der Waals surface area contributed by atoms with Gasteiger partial charge in [0.1, 0.15) is 5.56 Å². The van der Waals surface area contributed by atoms with Crippen molar-refractivity contribution in [2.45, 2.75) is 6.18 Å². The molecule has 5 nitrogen and oxygen atoms in total. The quantitative estimate of drug-likeness (QED) is 0.720. The van der Waals surface area contributed by atoms with Gasteiger partial charge in [-0.25, -0.2) is 0 Å². The molecule has 8 heteroatoms. The smallest absolute Gasteiger partial charge is 0.355 e. The normalized spacial score (nSPS) is 11.8. The first-order chi connectivity index (χ1) is 9.57. The topological polar surface area (TPSA) is 65.0 Å². The molecule has 0 amide bonds. The van der Waals surface area contributed by atoms with Gasteiger partial charge < -0.3 is 9.05 Å². The molecule has 0 N–H and O–H groups in total. The number of nitrogens with zero attached hydrogens (tertiary/aromatic N) is 3. The van der Waals surface area contributed by atoms with E-state index in [0.717, 1.165) is 6.33 Å². The fraction of sp³-hybridized carbons (Fsp3) is 0.0833. The van der Waals surface area contributed by atoms with Crippen LogP contribution in [0.25, 0.3) is 22.9 Å². The summed E-state index contributed by atoms with van der Waals surface area (Å²) in [6.45, 7) is 0. The second-order valence-corrected chi connectivity index (χ2v) is 3.85. The molecule has 0 atom stereocenters. The Morgan fingerprint density at radius 3 is 2.35 bits per heavy atom. The Morgan fingerprint density at radius 1 is 1.00 bits per heavy atom. The largest absolute Gasteiger partial charge is 0.422 e. The van der Waals surface area contributed by atoms with E-state index in [0.29, 0.717) is 0 Å². The lowest BCUT2D eigenvalue weighted by atomic mass is 10.1. The molecule has 0 radical (unpaired) electrons. The van der Waals surface area contributed by atoms with Crippen LogP contribution in [0, 0.1) is 0 Å². The van der Waals surface area contributed by atoms with Crippen molar-refractivity contribution in [2.75, 3.05) is 0 Å². The maximum absolute atomic E-state index is 13.2. The fourth-order valence-electron chi connectivity index (χ4n) is 1.76. The highest BCUT2D eigenvalue weighted by atomic mass is 19.4. The average Bonchev–Trinajstić information content (AvgIpc) is 3.08. The van der Waals surface area contributed by atoms with Crippen molar-refractivity contribution in [3.63, 3.8) is 0 Å². The van der Waals surface area contributed by atoms with E-state index in [9.17, 15) is 13.2 Å². The molecule has 0 bridgehead atoms. The molecular weight excluding hydrogens is 275 g/mol. The van der Waals surface area contributed by atoms with Gasteiger partial charge in [0.15, 0.2) is 17.8 Å². The number of benzene rings is 1. The van der Waals surface area contributed by atoms with Gasteiger partial charge in [0, 0.05) is 5.56 Å². The van der Waals surface area contributed by atoms with E-state index in [-0.39, 0.29) is 17.2 Å². The molecule has 0 fully saturated rings. The molecule has 0 aliphatic rings. The monoisotopic (exact) mass is 281 g/mol. The molecule has 102 valence electrons. The number of alkyl halides is 3. The first-order valence-electron chi connectivity index (χ1n) is 5.46. The highest BCUT2D eigenvalue weighted by Crippen LogP contribution is 2.42. The van der Waals surface area contributed by atoms with E-state index in [4.69, 9.17) is 4.52 Å². The zero-order valence-electron chi connectivity index (χ0n) is 9.76. The lowest BCUT2D eigenvalue weighted by molar-refractivity contribution is -0.136. The summed E-state index contributed by atoms with van der Waals surface area (Å²) >= 11 is 0. The SMILES string of the molecule is FC(F)(F)c1c(-c2ncno2)noc1-c1ccccc1. The Labute approximate surface area is 110 Å². The Kier molecular flexibility index (Phi) is 2.78. The average molecular weight is 281 g/mol. The Bertz CT molecular complexity index is 705. The van der Waals surface area contributed by atoms with Crippen LogP contribution in [0.4, 0.5) is 13.2 Å². The van der Waals surface area contributed by atoms with Crippen LogP contribution in [0.2, 0.25) is 0 Å². The second kappa shape index (κ2) is 4.48. The van der Waals surface area contributed by atoms with E-state index in [1.807, 2.05) is 0 Å². The third kappa shape index (κ3) is 2.04. The maximum Gasteiger partial charge on any atom is 0.422 e. The zero-order chi connectivity index (χ0) is 14.2. The van der Waals surface area contributed by atoms with Crippen LogP contribution in [0.1, 0.15) is 5.56 Å². The first-order valence-corrected chi connectivity index (χ1v) is 5.46. The Balaban J connectivity index is 2.23. The summed E-state index contributed by atoms with van der Waals surface area (Å²) in [6, 6.07) is 7.88. The van der Waals surface area contributed by atoms with E-state index >= 15 is 0 Å². The van der Waals surface area contributed by atoms with Crippen LogP contribution < -0.4 is 0 Å². The number of hydrogen-bond donors (Lipinski definition) is 0. The van der Waals surface area contributed by atoms with Crippen molar-refractivity contribution in [1.29, 1.82) is 0 Å². The molecule has 0 spiro atoms. The molecule has 0 saturated heterocycles. The second-order valence-electron chi connectivity index (χ2n) is 3.85. The molecule has 20 heavy (non-hydrogen) atoms. The van der Waals surface area contributed by atoms with Crippen LogP contribution in [-0.4, -0.2) is 15.3 Å². The van der Waals surface area contributed by atoms with Crippen LogP contribution in [0.15, 0.2) is 45.7 Å². The van der Waals surface area contributed by atoms with Crippen LogP contribution in [-0.2, 0) is 6.18 Å². The van der Waals surface area contributed by atoms with Gasteiger partial charge >= 0.3 is 6.18 Å². The molecule has 3 rings (SSSR count). The molecule has 0 saturated carbocycles. The zero-order valence-corrected chi connectivity index (χ0v) is 9.76. The van der Waals surface area contributed by atoms with Gasteiger partial charge in [0.05, 0.1) is 0 Å². The third-order valence-corrected chi connectivity index (χ3v) is 2.58. The molecule has 0 unspecified atom stereocenters. The van der Waals surface area contributed by atoms with Crippen LogP contribution >= 0.6 is 0 Å². The maximum atomic E-state index is 13.2. The van der Waals surface area contributed by atoms with Gasteiger partial charge in [-0.2, -0.15) is 18.2 Å². The predicted molar refractivity (Wildman–Crippen MR) is 60.2 cm³/mol. The summed E-state index contributed by atoms with van der Waals surface area (Å²) in [4.78, 5) is 3.57. The summed E-state index contributed by atoms with van der Waals surface area (Å²) in [5, 5.41) is 6.68. The fourth-order valence-corrected chi connectivity index (χ4v) is 1.76. The van der Waals surface area contributed by atoms with Gasteiger partial charge in [-0.05, 0) is 0 Å². The summed E-state index contributed by atoms with van der Waals surface area (Å²) in [5.74, 6) is -0.727. The summed E-state index contributed by atoms with van der Waals surface area (Å²) in [6.07, 6.45) is -3.67. The standard InChI is InChI=1S/C12H6F3N3O2/c13-12(14,15)8-9(11-16-6-17-20-11)18-19-10(8)7-4-2-1-3-5-7/h1-6H. The van der Waals surface area contributed by atoms with Crippen molar-refractivity contribution in [3.05, 3.63) is 42.2 Å². The lowest BCUT2D eigenvalue weighted by Crippen LogP contribution is -2.07. The first kappa shape index (κ1) is 12.4. The Hall–Kier alpha value is -2.64. The molecule has 2 heterocycles. The molecule has 0 aliphatic carbocycles. The van der Waals surface area contributed by atoms with Crippen molar-refractivity contribution < 1.29 is 22.2 Å². The molecular formula is C12H6F3N3O2. The lowest BCUT2D eigenvalue weighted by Gasteiger charge is -2.06. The highest BCUT2D eigenvalue weighted by molar-refractivity contribution is 5.69. The van der Waals surface area contributed by atoms with Crippen molar-refractivity contribution in [2.24, 2.45) is 0 Å². The number of hydrogen-bond acceptors (Lipinski definition) is 5. The van der Waals surface area contributed by atoms with Gasteiger partial charge in [-0.3, -0.25) is 0 Å². The summed E-state index contributed by atoms with van der Waals surface area (Å²) in [5.41, 5.74) is -1.29. The summed E-state index contributed by atoms with van der Waals surface area (Å²) < 4.78 is 49.1. The minimum atomic E-state index is -4.66. The van der Waals surface area contributed by atoms with Crippen LogP contribution in [0.3, 0.4) is 0 Å². The van der Waals surface area contributed by atoms with Gasteiger partial charge in [0.25, 0.3) is 5.89 Å². The minimum Gasteiger partial charge on any atom is -0.355 e. The molecule has 3 aromatic rings.